The van der Waals surface area contributed by atoms with E-state index < -0.39 is 0 Å². The monoisotopic (exact) mass is 488 g/mol. The number of esters is 1. The number of hydrogen-bond acceptors (Lipinski definition) is 4. The van der Waals surface area contributed by atoms with Crippen molar-refractivity contribution >= 4 is 16.9 Å². The van der Waals surface area contributed by atoms with E-state index in [1.807, 2.05) is 31.3 Å². The van der Waals surface area contributed by atoms with E-state index in [2.05, 4.69) is 36.7 Å². The summed E-state index contributed by atoms with van der Waals surface area (Å²) in [7, 11) is 1.79. The molecule has 31 heavy (non-hydrogen) atoms. The molecule has 5 atom stereocenters. The Hall–Kier alpha value is -1.76. The van der Waals surface area contributed by atoms with E-state index in [4.69, 9.17) is 9.47 Å². The van der Waals surface area contributed by atoms with Gasteiger partial charge in [-0.15, -0.1) is 6.58 Å². The van der Waals surface area contributed by atoms with Gasteiger partial charge in [0.15, 0.2) is 6.54 Å². The predicted octanol–water partition coefficient (Wildman–Crippen LogP) is 1.29. The van der Waals surface area contributed by atoms with Crippen LogP contribution in [-0.4, -0.2) is 54.8 Å². The molecule has 1 aromatic heterocycles. The van der Waals surface area contributed by atoms with E-state index in [-0.39, 0.29) is 40.5 Å². The van der Waals surface area contributed by atoms with Crippen LogP contribution in [0.5, 0.6) is 0 Å². The van der Waals surface area contributed by atoms with Crippen LogP contribution in [0.15, 0.2) is 49.2 Å². The second-order valence-corrected chi connectivity index (χ2v) is 9.14. The summed E-state index contributed by atoms with van der Waals surface area (Å²) < 4.78 is 12.3. The lowest BCUT2D eigenvalue weighted by molar-refractivity contribution is -0.970. The van der Waals surface area contributed by atoms with Gasteiger partial charge < -0.3 is 30.9 Å². The van der Waals surface area contributed by atoms with Crippen LogP contribution in [0, 0.1) is 11.3 Å². The highest BCUT2D eigenvalue weighted by atomic mass is 79.9. The largest absolute Gasteiger partial charge is 1.00 e. The van der Waals surface area contributed by atoms with Gasteiger partial charge in [0.25, 0.3) is 0 Å². The SMILES string of the molecule is C=C[C@@]1(C)C[N+]2(CC(=O)OCC)CC[C@H]1C[C@@H]2[C@@H](OC)c1ccnc2ccccc12.[Br-]. The van der Waals surface area contributed by atoms with Crippen molar-refractivity contribution < 1.29 is 35.7 Å². The Labute approximate surface area is 195 Å². The number of fused-ring (bicyclic) bond motifs is 4. The van der Waals surface area contributed by atoms with Crippen molar-refractivity contribution in [3.8, 4) is 0 Å². The number of ether oxygens (including phenoxy) is 2. The maximum absolute atomic E-state index is 12.7. The minimum absolute atomic E-state index is 0. The third-order valence-electron chi connectivity index (χ3n) is 7.55. The van der Waals surface area contributed by atoms with Crippen LogP contribution in [0.4, 0.5) is 0 Å². The molecule has 2 aromatic rings. The summed E-state index contributed by atoms with van der Waals surface area (Å²) in [5.41, 5.74) is 2.16. The average molecular weight is 489 g/mol. The number of carbonyl (C=O) groups is 1. The minimum Gasteiger partial charge on any atom is -1.00 e. The fourth-order valence-electron chi connectivity index (χ4n) is 6.03. The predicted molar refractivity (Wildman–Crippen MR) is 118 cm³/mol. The van der Waals surface area contributed by atoms with Crippen molar-refractivity contribution in [1.29, 1.82) is 0 Å². The molecule has 2 bridgehead atoms. The lowest BCUT2D eigenvalue weighted by Gasteiger charge is -2.61. The number of piperidine rings is 3. The number of hydrogen-bond donors (Lipinski definition) is 0. The number of carbonyl (C=O) groups excluding carboxylic acids is 1. The molecular weight excluding hydrogens is 456 g/mol. The fourth-order valence-corrected chi connectivity index (χ4v) is 6.03. The van der Waals surface area contributed by atoms with Gasteiger partial charge >= 0.3 is 5.97 Å². The highest BCUT2D eigenvalue weighted by Crippen LogP contribution is 2.53. The van der Waals surface area contributed by atoms with E-state index in [1.54, 1.807) is 7.11 Å². The number of halogens is 1. The Morgan fingerprint density at radius 2 is 2.16 bits per heavy atom. The molecule has 5 nitrogen and oxygen atoms in total. The van der Waals surface area contributed by atoms with Crippen molar-refractivity contribution in [3.05, 3.63) is 54.7 Å². The van der Waals surface area contributed by atoms with Crippen molar-refractivity contribution in [3.63, 3.8) is 0 Å². The number of para-hydroxylation sites is 1. The minimum atomic E-state index is -0.122. The zero-order chi connectivity index (χ0) is 21.4. The highest BCUT2D eigenvalue weighted by molar-refractivity contribution is 5.82. The summed E-state index contributed by atoms with van der Waals surface area (Å²) in [4.78, 5) is 17.2. The lowest BCUT2D eigenvalue weighted by Crippen LogP contribution is -3.00. The van der Waals surface area contributed by atoms with Gasteiger partial charge in [-0.2, -0.15) is 0 Å². The number of methoxy groups -OCH3 is 1. The second-order valence-electron chi connectivity index (χ2n) is 9.14. The summed E-state index contributed by atoms with van der Waals surface area (Å²) in [6, 6.07) is 10.5. The maximum atomic E-state index is 12.7. The van der Waals surface area contributed by atoms with Gasteiger partial charge in [0.05, 0.1) is 25.2 Å². The molecule has 3 saturated heterocycles. The Kier molecular flexibility index (Phi) is 7.24. The number of nitrogens with zero attached hydrogens (tertiary/aromatic N) is 2. The van der Waals surface area contributed by atoms with E-state index in [9.17, 15) is 4.79 Å². The molecule has 0 N–H and O–H groups in total. The molecule has 0 amide bonds. The highest BCUT2D eigenvalue weighted by Gasteiger charge is 2.59. The molecule has 0 saturated carbocycles. The molecule has 1 unspecified atom stereocenters. The quantitative estimate of drug-likeness (QED) is 0.334. The molecular formula is C25H33BrN2O3. The average Bonchev–Trinajstić information content (AvgIpc) is 2.75. The first-order valence-electron chi connectivity index (χ1n) is 11.0. The Morgan fingerprint density at radius 3 is 2.87 bits per heavy atom. The molecule has 1 aromatic carbocycles. The first-order valence-corrected chi connectivity index (χ1v) is 11.0. The fraction of sp³-hybridized carbons (Fsp3) is 0.520. The van der Waals surface area contributed by atoms with E-state index in [1.165, 1.54) is 0 Å². The Morgan fingerprint density at radius 1 is 1.39 bits per heavy atom. The normalized spacial score (nSPS) is 30.4. The Bertz CT molecular complexity index is 946. The van der Waals surface area contributed by atoms with E-state index >= 15 is 0 Å². The standard InChI is InChI=1S/C25H33N2O3.BrH/c1-5-25(3)17-27(16-23(28)30-6-2)14-12-18(25)15-22(27)24(29-4)20-11-13-26-21-10-8-7-9-19(20)21;/h5,7-11,13,18,22,24H,1,6,12,14-17H2,2-4H3;1H/q+1;/p-1/t18-,22+,24-,25-,27?;/m0./s1. The third kappa shape index (κ3) is 4.18. The molecule has 3 fully saturated rings. The van der Waals surface area contributed by atoms with Crippen LogP contribution in [0.25, 0.3) is 10.9 Å². The second kappa shape index (κ2) is 9.39. The van der Waals surface area contributed by atoms with Gasteiger partial charge in [0.2, 0.25) is 0 Å². The van der Waals surface area contributed by atoms with Gasteiger partial charge in [0, 0.05) is 36.9 Å². The van der Waals surface area contributed by atoms with Crippen molar-refractivity contribution in [2.24, 2.45) is 11.3 Å². The number of quaternary nitrogens is 1. The van der Waals surface area contributed by atoms with Crippen molar-refractivity contribution in [2.75, 3.05) is 33.4 Å². The smallest absolute Gasteiger partial charge is 0.361 e. The summed E-state index contributed by atoms with van der Waals surface area (Å²) in [5, 5.41) is 1.12. The van der Waals surface area contributed by atoms with Crippen molar-refractivity contribution in [2.45, 2.75) is 38.8 Å². The first kappa shape index (κ1) is 23.9. The van der Waals surface area contributed by atoms with E-state index in [0.717, 1.165) is 42.4 Å². The van der Waals surface area contributed by atoms with Gasteiger partial charge in [-0.05, 0) is 30.5 Å². The molecule has 4 heterocycles. The zero-order valence-electron chi connectivity index (χ0n) is 18.7. The van der Waals surface area contributed by atoms with Gasteiger partial charge in [-0.25, -0.2) is 4.79 Å². The van der Waals surface area contributed by atoms with Gasteiger partial charge in [0.1, 0.15) is 12.1 Å². The van der Waals surface area contributed by atoms with Crippen LogP contribution in [0.2, 0.25) is 0 Å². The van der Waals surface area contributed by atoms with Gasteiger partial charge in [-0.3, -0.25) is 4.98 Å². The molecule has 3 aliphatic heterocycles. The molecule has 0 aliphatic carbocycles. The lowest BCUT2D eigenvalue weighted by atomic mass is 9.63. The first-order chi connectivity index (χ1) is 14.5. The van der Waals surface area contributed by atoms with Crippen LogP contribution < -0.4 is 17.0 Å². The van der Waals surface area contributed by atoms with Crippen LogP contribution in [0.1, 0.15) is 38.4 Å². The van der Waals surface area contributed by atoms with Crippen LogP contribution in [0.3, 0.4) is 0 Å². The van der Waals surface area contributed by atoms with E-state index in [0.29, 0.717) is 23.6 Å². The summed E-state index contributed by atoms with van der Waals surface area (Å²) in [5.74, 6) is 0.427. The molecule has 0 radical (unpaired) electrons. The Balaban J connectivity index is 0.00000272. The maximum Gasteiger partial charge on any atom is 0.361 e. The topological polar surface area (TPSA) is 48.4 Å². The van der Waals surface area contributed by atoms with Gasteiger partial charge in [-0.1, -0.05) is 31.2 Å². The summed E-state index contributed by atoms with van der Waals surface area (Å²) in [6.45, 7) is 11.0. The zero-order valence-corrected chi connectivity index (χ0v) is 20.3. The number of benzene rings is 1. The number of aromatic nitrogens is 1. The van der Waals surface area contributed by atoms with Crippen LogP contribution >= 0.6 is 0 Å². The molecule has 3 aliphatic rings. The summed E-state index contributed by atoms with van der Waals surface area (Å²) >= 11 is 0. The third-order valence-corrected chi connectivity index (χ3v) is 7.55. The number of rotatable bonds is 7. The van der Waals surface area contributed by atoms with Crippen molar-refractivity contribution in [1.82, 2.24) is 4.98 Å². The number of pyridine rings is 1. The molecule has 5 rings (SSSR count). The molecule has 6 heteroatoms. The van der Waals surface area contributed by atoms with Crippen LogP contribution in [-0.2, 0) is 14.3 Å². The molecule has 168 valence electrons. The summed E-state index contributed by atoms with van der Waals surface area (Å²) in [6.07, 6.45) is 5.98. The molecule has 0 spiro atoms.